The van der Waals surface area contributed by atoms with Crippen LogP contribution in [0.2, 0.25) is 0 Å². The first-order valence-electron chi connectivity index (χ1n) is 35.6. The Bertz CT molecular complexity index is 5340. The van der Waals surface area contributed by atoms with E-state index >= 15 is 28.8 Å². The Kier molecular flexibility index (Phi) is 23.3. The number of fused-ring (bicyclic) bond motifs is 2. The Morgan fingerprint density at radius 2 is 0.598 bits per heavy atom. The number of carbonyl (C=O) groups is 10. The molecule has 6 amide bonds. The topological polar surface area (TPSA) is 353 Å². The van der Waals surface area contributed by atoms with E-state index in [0.717, 1.165) is 9.80 Å². The van der Waals surface area contributed by atoms with Crippen molar-refractivity contribution >= 4 is 102 Å². The normalized spacial score (nSPS) is 12.8. The van der Waals surface area contributed by atoms with E-state index < -0.39 is 102 Å². The van der Waals surface area contributed by atoms with E-state index in [4.69, 9.17) is 37.9 Å². The highest BCUT2D eigenvalue weighted by molar-refractivity contribution is 6.45. The van der Waals surface area contributed by atoms with Crippen LogP contribution in [0, 0.1) is 63.1 Å². The number of nitriles is 4. The van der Waals surface area contributed by atoms with E-state index in [1.807, 2.05) is 0 Å². The lowest BCUT2D eigenvalue weighted by atomic mass is 9.80. The second-order valence-corrected chi connectivity index (χ2v) is 27.7. The van der Waals surface area contributed by atoms with Crippen molar-refractivity contribution in [3.8, 4) is 70.3 Å². The Labute approximate surface area is 643 Å². The zero-order valence-electron chi connectivity index (χ0n) is 62.6. The highest BCUT2D eigenvalue weighted by Crippen LogP contribution is 2.58. The van der Waals surface area contributed by atoms with Crippen molar-refractivity contribution in [1.29, 1.82) is 21.0 Å². The van der Waals surface area contributed by atoms with Crippen molar-refractivity contribution in [3.63, 3.8) is 0 Å². The molecule has 2 atom stereocenters. The molecule has 26 heteroatoms. The van der Waals surface area contributed by atoms with Gasteiger partial charge in [0.2, 0.25) is 11.8 Å². The van der Waals surface area contributed by atoms with E-state index in [1.54, 1.807) is 41.5 Å². The predicted octanol–water partition coefficient (Wildman–Crippen LogP) is 13.8. The molecule has 0 radical (unpaired) electrons. The second kappa shape index (κ2) is 33.1. The molecule has 0 aromatic heterocycles. The van der Waals surface area contributed by atoms with Gasteiger partial charge in [-0.05, 0) is 154 Å². The van der Waals surface area contributed by atoms with Gasteiger partial charge in [-0.2, -0.15) is 21.0 Å². The van der Waals surface area contributed by atoms with Crippen molar-refractivity contribution in [2.45, 2.75) is 74.4 Å². The van der Waals surface area contributed by atoms with Crippen LogP contribution in [0.15, 0.2) is 158 Å². The van der Waals surface area contributed by atoms with Crippen LogP contribution >= 0.6 is 0 Å². The van der Waals surface area contributed by atoms with Crippen molar-refractivity contribution < 1.29 is 85.8 Å². The van der Waals surface area contributed by atoms with Crippen LogP contribution in [0.25, 0.3) is 43.1 Å². The summed E-state index contributed by atoms with van der Waals surface area (Å²) >= 11 is 0. The molecule has 9 aromatic carbocycles. The number of nitrogens with zero attached hydrogens (tertiary/aromatic N) is 8. The van der Waals surface area contributed by atoms with Gasteiger partial charge in [0.25, 0.3) is 23.6 Å². The van der Waals surface area contributed by atoms with Crippen molar-refractivity contribution in [2.24, 2.45) is 17.8 Å². The second-order valence-electron chi connectivity index (χ2n) is 27.7. The first-order valence-corrected chi connectivity index (χ1v) is 35.6. The third-order valence-electron chi connectivity index (χ3n) is 18.7. The van der Waals surface area contributed by atoms with Crippen LogP contribution in [0.4, 0.5) is 0 Å². The Morgan fingerprint density at radius 3 is 0.804 bits per heavy atom. The van der Waals surface area contributed by atoms with E-state index in [-0.39, 0.29) is 190 Å². The minimum absolute atomic E-state index is 0.00917. The SMILES string of the molecule is C=C(C)C(=O)OCCN(CCOC(=O)C(=C)C)C(=O)C(C(C)C)N1C(=O)c2cc(Oc3ccc(C#N)cc3)c3c4c(Oc5ccc(C#N)cc5)cc5c6c(cc(Oc7ccc(C#N)cc7)c(c7c(Oc8ccc(C#N)cc8)cc(c2c37)C1=O)c64)C(=O)N(C(C(=O)N(CCOC(=O)C(=C)C)CCOC(=O)C(C)C)C(C)C)C5=O. The first-order chi connectivity index (χ1) is 53.5. The van der Waals surface area contributed by atoms with Gasteiger partial charge in [0.15, 0.2) is 0 Å². The van der Waals surface area contributed by atoms with Crippen LogP contribution in [0.1, 0.15) is 126 Å². The number of ether oxygens (including phenoxy) is 8. The van der Waals surface area contributed by atoms with Gasteiger partial charge in [0.1, 0.15) is 84.5 Å². The Balaban J connectivity index is 1.27. The van der Waals surface area contributed by atoms with Gasteiger partial charge in [0, 0.05) is 59.8 Å². The summed E-state index contributed by atoms with van der Waals surface area (Å²) in [5, 5.41) is 40.2. The smallest absolute Gasteiger partial charge is 0.333 e. The molecule has 9 aromatic rings. The largest absolute Gasteiger partial charge is 0.464 e. The Hall–Kier alpha value is -14.2. The fourth-order valence-corrected chi connectivity index (χ4v) is 13.2. The van der Waals surface area contributed by atoms with Gasteiger partial charge in [0.05, 0.1) is 101 Å². The van der Waals surface area contributed by atoms with Gasteiger partial charge in [-0.25, -0.2) is 14.4 Å². The minimum Gasteiger partial charge on any atom is -0.464 e. The molecular weight excluding hydrogens is 1430 g/mol. The van der Waals surface area contributed by atoms with Crippen LogP contribution < -0.4 is 18.9 Å². The summed E-state index contributed by atoms with van der Waals surface area (Å²) in [6, 6.07) is 34.1. The van der Waals surface area contributed by atoms with E-state index in [2.05, 4.69) is 44.0 Å². The average molecular weight is 1510 g/mol. The Morgan fingerprint density at radius 1 is 0.366 bits per heavy atom. The van der Waals surface area contributed by atoms with Crippen molar-refractivity contribution in [1.82, 2.24) is 19.6 Å². The number of hydrogen-bond acceptors (Lipinski definition) is 22. The molecular formula is C86H74N8O18. The van der Waals surface area contributed by atoms with Crippen LogP contribution in [-0.2, 0) is 47.7 Å². The number of amides is 6. The lowest BCUT2D eigenvalue weighted by molar-refractivity contribution is -0.150. The van der Waals surface area contributed by atoms with Gasteiger partial charge in [-0.15, -0.1) is 0 Å². The molecule has 2 aliphatic heterocycles. The summed E-state index contributed by atoms with van der Waals surface area (Å²) in [7, 11) is 0. The summed E-state index contributed by atoms with van der Waals surface area (Å²) < 4.78 is 50.1. The molecule has 0 saturated heterocycles. The highest BCUT2D eigenvalue weighted by Gasteiger charge is 2.49. The molecule has 0 fully saturated rings. The molecule has 0 saturated carbocycles. The number of rotatable bonds is 30. The third-order valence-corrected chi connectivity index (χ3v) is 18.7. The van der Waals surface area contributed by atoms with Gasteiger partial charge in [-0.3, -0.25) is 43.4 Å². The molecule has 0 spiro atoms. The number of benzene rings is 9. The van der Waals surface area contributed by atoms with Crippen LogP contribution in [0.5, 0.6) is 46.0 Å². The molecule has 2 heterocycles. The quantitative estimate of drug-likeness (QED) is 0.0101. The molecule has 26 nitrogen and oxygen atoms in total. The van der Waals surface area contributed by atoms with Crippen LogP contribution in [0.3, 0.4) is 0 Å². The summed E-state index contributed by atoms with van der Waals surface area (Å²) in [4.78, 5) is 152. The summed E-state index contributed by atoms with van der Waals surface area (Å²) in [6.07, 6.45) is 0. The fraction of sp³-hybridized carbons (Fsp3) is 0.256. The van der Waals surface area contributed by atoms with Crippen LogP contribution in [-0.4, -0.2) is 144 Å². The molecule has 112 heavy (non-hydrogen) atoms. The van der Waals surface area contributed by atoms with Gasteiger partial charge in [-0.1, -0.05) is 61.3 Å². The predicted molar refractivity (Wildman–Crippen MR) is 407 cm³/mol. The van der Waals surface area contributed by atoms with E-state index in [9.17, 15) is 40.2 Å². The summed E-state index contributed by atoms with van der Waals surface area (Å²) in [6.45, 7) is 22.1. The summed E-state index contributed by atoms with van der Waals surface area (Å²) in [5.41, 5.74) is 0.0920. The van der Waals surface area contributed by atoms with Gasteiger partial charge < -0.3 is 47.7 Å². The molecule has 0 bridgehead atoms. The summed E-state index contributed by atoms with van der Waals surface area (Å²) in [5.74, 6) is -11.6. The lowest BCUT2D eigenvalue weighted by Crippen LogP contribution is -2.57. The first kappa shape index (κ1) is 78.8. The van der Waals surface area contributed by atoms with E-state index in [1.165, 1.54) is 152 Å². The molecule has 2 unspecified atom stereocenters. The minimum atomic E-state index is -1.68. The standard InChI is InChI=1S/C86H74N8O18/c1-45(2)75(81(99)91(29-33-105-83(101)47(5)6)30-34-106-84(102)48(7)8)93-77(95)59-37-63(109-55-21-13-51(41-87)14-22-55)69-71-65(111-57-25-17-53(43-89)18-26-57)39-61-68-62(80(98)94(79(61)97)76(46(3)4)82(100)92(31-35-107-85(103)49(9)10)32-36-108-86(104)50(11)12)40-66(112-58-27-19-54(44-90)20-28-58)72(74(68)71)70-64(38-60(78(93)96)67(59)73(69)70)110-56-23-15-52(42-88)16-24-56/h13-28,37-40,45-46,50,75-76H,5,7,9,29-36H2,1-4,6,8,10-12H3. The maximum absolute atomic E-state index is 16.5. The zero-order chi connectivity index (χ0) is 80.8. The number of esters is 4. The number of hydrogen-bond donors (Lipinski definition) is 0. The average Bonchev–Trinajstić information content (AvgIpc) is 0.671. The van der Waals surface area contributed by atoms with Gasteiger partial charge >= 0.3 is 23.9 Å². The number of imide groups is 2. The van der Waals surface area contributed by atoms with Crippen molar-refractivity contribution in [2.75, 3.05) is 52.6 Å². The molecule has 2 aliphatic rings. The monoisotopic (exact) mass is 1510 g/mol. The third kappa shape index (κ3) is 15.7. The maximum atomic E-state index is 16.5. The van der Waals surface area contributed by atoms with E-state index in [0.29, 0.717) is 0 Å². The van der Waals surface area contributed by atoms with Crippen molar-refractivity contribution in [3.05, 3.63) is 202 Å². The molecule has 11 rings (SSSR count). The lowest BCUT2D eigenvalue weighted by Gasteiger charge is -2.39. The molecule has 0 N–H and O–H groups in total. The zero-order valence-corrected chi connectivity index (χ0v) is 62.6. The number of carbonyl (C=O) groups excluding carboxylic acids is 10. The molecule has 566 valence electrons. The molecule has 0 aliphatic carbocycles. The highest BCUT2D eigenvalue weighted by atomic mass is 16.5. The maximum Gasteiger partial charge on any atom is 0.333 e. The fourth-order valence-electron chi connectivity index (χ4n) is 13.2.